The summed E-state index contributed by atoms with van der Waals surface area (Å²) >= 11 is 0. The highest BCUT2D eigenvalue weighted by Crippen LogP contribution is 2.28. The third-order valence-corrected chi connectivity index (χ3v) is 5.60. The number of nitrogens with one attached hydrogen (secondary N) is 2. The lowest BCUT2D eigenvalue weighted by Gasteiger charge is -2.16. The van der Waals surface area contributed by atoms with Gasteiger partial charge in [-0.3, -0.25) is 0 Å². The molecule has 3 aromatic heterocycles. The number of H-pyrrole nitrogens is 1. The predicted octanol–water partition coefficient (Wildman–Crippen LogP) is 4.15. The van der Waals surface area contributed by atoms with Crippen LogP contribution in [-0.4, -0.2) is 42.6 Å². The minimum absolute atomic E-state index is 0.685. The Labute approximate surface area is 169 Å². The Morgan fingerprint density at radius 1 is 1.14 bits per heavy atom. The van der Waals surface area contributed by atoms with Gasteiger partial charge < -0.3 is 19.8 Å². The standard InChI is InChI=1S/C21H26N8/c1-3-4-11-29-14(2)24-16-12-15(7-8-17(16)29)25-20-18-19(23-13-22-18)26-21(27-20)28-9-5-6-10-28/h7-8,12-13H,3-6,9-11H2,1-2H3,(H2,22,23,25,26,27). The van der Waals surface area contributed by atoms with Crippen molar-refractivity contribution in [2.45, 2.75) is 46.1 Å². The lowest BCUT2D eigenvalue weighted by atomic mass is 10.2. The molecule has 0 aliphatic carbocycles. The van der Waals surface area contributed by atoms with Crippen LogP contribution in [0.25, 0.3) is 22.2 Å². The highest BCUT2D eigenvalue weighted by atomic mass is 15.3. The van der Waals surface area contributed by atoms with Gasteiger partial charge in [-0.25, -0.2) is 9.97 Å². The molecule has 5 rings (SSSR count). The number of benzene rings is 1. The molecule has 2 N–H and O–H groups in total. The van der Waals surface area contributed by atoms with Gasteiger partial charge in [0.25, 0.3) is 0 Å². The first kappa shape index (κ1) is 17.9. The van der Waals surface area contributed by atoms with E-state index < -0.39 is 0 Å². The van der Waals surface area contributed by atoms with Gasteiger partial charge in [-0.05, 0) is 44.4 Å². The second-order valence-electron chi connectivity index (χ2n) is 7.66. The summed E-state index contributed by atoms with van der Waals surface area (Å²) in [4.78, 5) is 23.9. The van der Waals surface area contributed by atoms with Crippen LogP contribution < -0.4 is 10.2 Å². The maximum atomic E-state index is 4.80. The Balaban J connectivity index is 1.50. The van der Waals surface area contributed by atoms with Crippen molar-refractivity contribution in [3.05, 3.63) is 30.4 Å². The Hall–Kier alpha value is -3.16. The molecule has 0 saturated carbocycles. The van der Waals surface area contributed by atoms with Crippen molar-refractivity contribution in [3.63, 3.8) is 0 Å². The normalized spacial score (nSPS) is 14.3. The monoisotopic (exact) mass is 390 g/mol. The summed E-state index contributed by atoms with van der Waals surface area (Å²) in [7, 11) is 0. The molecule has 0 radical (unpaired) electrons. The molecule has 4 heterocycles. The smallest absolute Gasteiger partial charge is 0.229 e. The summed E-state index contributed by atoms with van der Waals surface area (Å²) in [6, 6.07) is 6.32. The van der Waals surface area contributed by atoms with Gasteiger partial charge in [0.05, 0.1) is 17.4 Å². The van der Waals surface area contributed by atoms with Gasteiger partial charge in [-0.2, -0.15) is 9.97 Å². The molecule has 8 heteroatoms. The molecule has 150 valence electrons. The molecule has 4 aromatic rings. The molecule has 0 amide bonds. The van der Waals surface area contributed by atoms with Crippen LogP contribution in [0.1, 0.15) is 38.4 Å². The summed E-state index contributed by atoms with van der Waals surface area (Å²) in [5.41, 5.74) is 4.63. The first-order valence-electron chi connectivity index (χ1n) is 10.4. The lowest BCUT2D eigenvalue weighted by Crippen LogP contribution is -2.20. The number of aryl methyl sites for hydroxylation is 2. The number of imidazole rings is 2. The number of aromatic amines is 1. The van der Waals surface area contributed by atoms with Crippen LogP contribution in [0.4, 0.5) is 17.5 Å². The SMILES string of the molecule is CCCCn1c(C)nc2cc(Nc3nc(N4CCCC4)nc4nc[nH]c34)ccc21. The van der Waals surface area contributed by atoms with Gasteiger partial charge in [0, 0.05) is 25.3 Å². The predicted molar refractivity (Wildman–Crippen MR) is 116 cm³/mol. The molecule has 8 nitrogen and oxygen atoms in total. The van der Waals surface area contributed by atoms with Gasteiger partial charge in [0.2, 0.25) is 5.95 Å². The Bertz CT molecular complexity index is 1150. The topological polar surface area (TPSA) is 87.6 Å². The molecule has 0 unspecified atom stereocenters. The molecule has 1 aromatic carbocycles. The minimum atomic E-state index is 0.685. The zero-order valence-corrected chi connectivity index (χ0v) is 16.9. The summed E-state index contributed by atoms with van der Waals surface area (Å²) in [5.74, 6) is 2.54. The van der Waals surface area contributed by atoms with Crippen LogP contribution in [0.3, 0.4) is 0 Å². The van der Waals surface area contributed by atoms with E-state index in [4.69, 9.17) is 9.97 Å². The maximum Gasteiger partial charge on any atom is 0.229 e. The lowest BCUT2D eigenvalue weighted by molar-refractivity contribution is 0.631. The molecule has 1 fully saturated rings. The highest BCUT2D eigenvalue weighted by Gasteiger charge is 2.19. The first-order chi connectivity index (χ1) is 14.2. The first-order valence-corrected chi connectivity index (χ1v) is 10.4. The van der Waals surface area contributed by atoms with Crippen molar-refractivity contribution >= 4 is 39.7 Å². The fraction of sp³-hybridized carbons (Fsp3) is 0.429. The second kappa shape index (κ2) is 7.35. The third-order valence-electron chi connectivity index (χ3n) is 5.60. The van der Waals surface area contributed by atoms with Gasteiger partial charge >= 0.3 is 0 Å². The van der Waals surface area contributed by atoms with E-state index in [1.165, 1.54) is 24.8 Å². The number of rotatable bonds is 6. The molecule has 29 heavy (non-hydrogen) atoms. The Morgan fingerprint density at radius 2 is 2.00 bits per heavy atom. The number of hydrogen-bond donors (Lipinski definition) is 2. The fourth-order valence-electron chi connectivity index (χ4n) is 4.03. The molecule has 1 saturated heterocycles. The van der Waals surface area contributed by atoms with Crippen molar-refractivity contribution in [1.82, 2.24) is 29.5 Å². The van der Waals surface area contributed by atoms with E-state index >= 15 is 0 Å². The minimum Gasteiger partial charge on any atom is -0.341 e. The quantitative estimate of drug-likeness (QED) is 0.514. The zero-order valence-electron chi connectivity index (χ0n) is 16.9. The van der Waals surface area contributed by atoms with E-state index in [9.17, 15) is 0 Å². The highest BCUT2D eigenvalue weighted by molar-refractivity contribution is 5.88. The van der Waals surface area contributed by atoms with Crippen LogP contribution in [-0.2, 0) is 6.54 Å². The van der Waals surface area contributed by atoms with E-state index in [1.54, 1.807) is 6.33 Å². The summed E-state index contributed by atoms with van der Waals surface area (Å²) in [6.45, 7) is 7.28. The molecule has 1 aliphatic heterocycles. The number of fused-ring (bicyclic) bond motifs is 2. The number of nitrogens with zero attached hydrogens (tertiary/aromatic N) is 6. The van der Waals surface area contributed by atoms with E-state index in [0.29, 0.717) is 5.65 Å². The number of anilines is 3. The number of aromatic nitrogens is 6. The third kappa shape index (κ3) is 3.28. The van der Waals surface area contributed by atoms with E-state index in [1.807, 2.05) is 0 Å². The average Bonchev–Trinajstić information content (AvgIpc) is 3.46. The molecular formula is C21H26N8. The van der Waals surface area contributed by atoms with Crippen LogP contribution in [0.5, 0.6) is 0 Å². The van der Waals surface area contributed by atoms with Gasteiger partial charge in [-0.15, -0.1) is 0 Å². The summed E-state index contributed by atoms with van der Waals surface area (Å²) < 4.78 is 2.30. The molecule has 0 bridgehead atoms. The number of hydrogen-bond acceptors (Lipinski definition) is 6. The molecule has 1 aliphatic rings. The van der Waals surface area contributed by atoms with E-state index in [-0.39, 0.29) is 0 Å². The van der Waals surface area contributed by atoms with E-state index in [0.717, 1.165) is 60.4 Å². The van der Waals surface area contributed by atoms with Crippen LogP contribution in [0.2, 0.25) is 0 Å². The van der Waals surface area contributed by atoms with Gasteiger partial charge in [0.15, 0.2) is 11.5 Å². The number of unbranched alkanes of at least 4 members (excludes halogenated alkanes) is 1. The van der Waals surface area contributed by atoms with Gasteiger partial charge in [-0.1, -0.05) is 13.3 Å². The largest absolute Gasteiger partial charge is 0.341 e. The molecule has 0 atom stereocenters. The van der Waals surface area contributed by atoms with Crippen molar-refractivity contribution in [1.29, 1.82) is 0 Å². The summed E-state index contributed by atoms with van der Waals surface area (Å²) in [6.07, 6.45) is 6.36. The van der Waals surface area contributed by atoms with E-state index in [2.05, 4.69) is 61.8 Å². The Kier molecular flexibility index (Phi) is 4.54. The average molecular weight is 390 g/mol. The van der Waals surface area contributed by atoms with Crippen LogP contribution in [0, 0.1) is 6.92 Å². The van der Waals surface area contributed by atoms with Crippen molar-refractivity contribution in [2.24, 2.45) is 0 Å². The zero-order chi connectivity index (χ0) is 19.8. The maximum absolute atomic E-state index is 4.80. The second-order valence-corrected chi connectivity index (χ2v) is 7.66. The van der Waals surface area contributed by atoms with Crippen molar-refractivity contribution in [2.75, 3.05) is 23.3 Å². The Morgan fingerprint density at radius 3 is 2.83 bits per heavy atom. The van der Waals surface area contributed by atoms with Crippen molar-refractivity contribution in [3.8, 4) is 0 Å². The molecular weight excluding hydrogens is 364 g/mol. The van der Waals surface area contributed by atoms with Crippen molar-refractivity contribution < 1.29 is 0 Å². The molecule has 0 spiro atoms. The van der Waals surface area contributed by atoms with Gasteiger partial charge in [0.1, 0.15) is 11.3 Å². The van der Waals surface area contributed by atoms with Crippen LogP contribution >= 0.6 is 0 Å². The van der Waals surface area contributed by atoms with Crippen LogP contribution in [0.15, 0.2) is 24.5 Å². The fourth-order valence-corrected chi connectivity index (χ4v) is 4.03. The summed E-state index contributed by atoms with van der Waals surface area (Å²) in [5, 5.41) is 3.46.